The molecule has 10 heteroatoms. The van der Waals surface area contributed by atoms with Gasteiger partial charge in [0.2, 0.25) is 5.75 Å². The van der Waals surface area contributed by atoms with E-state index in [4.69, 9.17) is 14.2 Å². The average molecular weight is 474 g/mol. The summed E-state index contributed by atoms with van der Waals surface area (Å²) in [6.45, 7) is 7.81. The summed E-state index contributed by atoms with van der Waals surface area (Å²) in [6, 6.07) is 9.79. The first kappa shape index (κ1) is 24.4. The molecule has 0 bridgehead atoms. The van der Waals surface area contributed by atoms with Crippen molar-refractivity contribution in [1.29, 1.82) is 0 Å². The molecule has 1 heterocycles. The summed E-state index contributed by atoms with van der Waals surface area (Å²) in [4.78, 5) is 30.1. The number of ether oxygens (including phenoxy) is 3. The molecule has 0 saturated heterocycles. The molecule has 1 aliphatic rings. The molecule has 33 heavy (non-hydrogen) atoms. The van der Waals surface area contributed by atoms with Crippen LogP contribution in [0.2, 0.25) is 0 Å². The molecule has 0 radical (unpaired) electrons. The highest BCUT2D eigenvalue weighted by Gasteiger charge is 2.27. The fourth-order valence-electron chi connectivity index (χ4n) is 3.31. The standard InChI is InChI=1S/C23H27N3O6S/c1-4-30-19-13-17(14-20(31-5-2)21(19)32-6-3)22(27)25-11-10-24-23(25)33-15-16-8-7-9-18(12-16)26(28)29/h7-9,12-14H,4-6,10-11,15H2,1-3H3. The summed E-state index contributed by atoms with van der Waals surface area (Å²) in [5.41, 5.74) is 1.24. The first-order valence-electron chi connectivity index (χ1n) is 10.8. The van der Waals surface area contributed by atoms with Crippen LogP contribution in [0.5, 0.6) is 17.2 Å². The number of non-ortho nitro benzene ring substituents is 1. The molecule has 0 saturated carbocycles. The minimum atomic E-state index is -0.422. The molecule has 0 aliphatic carbocycles. The van der Waals surface area contributed by atoms with Crippen LogP contribution in [0.4, 0.5) is 5.69 Å². The first-order valence-corrected chi connectivity index (χ1v) is 11.8. The predicted octanol–water partition coefficient (Wildman–Crippen LogP) is 4.54. The molecule has 0 N–H and O–H groups in total. The Morgan fingerprint density at radius 3 is 2.36 bits per heavy atom. The van der Waals surface area contributed by atoms with Crippen LogP contribution in [0.1, 0.15) is 36.7 Å². The van der Waals surface area contributed by atoms with Crippen molar-refractivity contribution in [3.8, 4) is 17.2 Å². The SMILES string of the molecule is CCOc1cc(C(=O)N2CCN=C2SCc2cccc([N+](=O)[O-])c2)cc(OCC)c1OCC. The molecular weight excluding hydrogens is 446 g/mol. The van der Waals surface area contributed by atoms with E-state index < -0.39 is 4.92 Å². The predicted molar refractivity (Wildman–Crippen MR) is 128 cm³/mol. The van der Waals surface area contributed by atoms with Gasteiger partial charge in [-0.1, -0.05) is 23.9 Å². The molecule has 2 aromatic carbocycles. The third-order valence-corrected chi connectivity index (χ3v) is 5.78. The van der Waals surface area contributed by atoms with Gasteiger partial charge in [0, 0.05) is 30.0 Å². The number of amidine groups is 1. The summed E-state index contributed by atoms with van der Waals surface area (Å²) >= 11 is 1.37. The number of carbonyl (C=O) groups is 1. The van der Waals surface area contributed by atoms with Crippen molar-refractivity contribution in [2.75, 3.05) is 32.9 Å². The average Bonchev–Trinajstić information content (AvgIpc) is 3.28. The Hall–Kier alpha value is -3.27. The van der Waals surface area contributed by atoms with Crippen LogP contribution in [0.15, 0.2) is 41.4 Å². The molecule has 0 unspecified atom stereocenters. The highest BCUT2D eigenvalue weighted by atomic mass is 32.2. The van der Waals surface area contributed by atoms with Gasteiger partial charge < -0.3 is 14.2 Å². The summed E-state index contributed by atoms with van der Waals surface area (Å²) in [5.74, 6) is 1.63. The molecular formula is C23H27N3O6S. The number of carbonyl (C=O) groups excluding carboxylic acids is 1. The number of thioether (sulfide) groups is 1. The fraction of sp³-hybridized carbons (Fsp3) is 0.391. The van der Waals surface area contributed by atoms with Crippen LogP contribution in [-0.2, 0) is 5.75 Å². The lowest BCUT2D eigenvalue weighted by Crippen LogP contribution is -2.33. The van der Waals surface area contributed by atoms with Gasteiger partial charge in [-0.2, -0.15) is 0 Å². The second-order valence-electron chi connectivity index (χ2n) is 6.94. The van der Waals surface area contributed by atoms with Crippen molar-refractivity contribution in [3.63, 3.8) is 0 Å². The lowest BCUT2D eigenvalue weighted by atomic mass is 10.1. The first-order chi connectivity index (χ1) is 16.0. The van der Waals surface area contributed by atoms with Gasteiger partial charge in [0.15, 0.2) is 16.7 Å². The number of nitrogens with zero attached hydrogens (tertiary/aromatic N) is 3. The zero-order valence-electron chi connectivity index (χ0n) is 18.9. The molecule has 0 aromatic heterocycles. The number of benzene rings is 2. The topological polar surface area (TPSA) is 104 Å². The van der Waals surface area contributed by atoms with Gasteiger partial charge in [-0.15, -0.1) is 0 Å². The van der Waals surface area contributed by atoms with E-state index in [1.807, 2.05) is 26.8 Å². The number of aliphatic imine (C=N–C) groups is 1. The van der Waals surface area contributed by atoms with Gasteiger partial charge in [0.1, 0.15) is 0 Å². The smallest absolute Gasteiger partial charge is 0.269 e. The summed E-state index contributed by atoms with van der Waals surface area (Å²) < 4.78 is 17.2. The van der Waals surface area contributed by atoms with Crippen molar-refractivity contribution in [2.45, 2.75) is 26.5 Å². The number of hydrogen-bond acceptors (Lipinski definition) is 8. The van der Waals surface area contributed by atoms with Gasteiger partial charge in [0.25, 0.3) is 11.6 Å². The minimum absolute atomic E-state index is 0.0377. The molecule has 0 spiro atoms. The molecule has 1 aliphatic heterocycles. The van der Waals surface area contributed by atoms with Gasteiger partial charge in [-0.05, 0) is 38.5 Å². The van der Waals surface area contributed by atoms with E-state index in [2.05, 4.69) is 4.99 Å². The van der Waals surface area contributed by atoms with Crippen LogP contribution < -0.4 is 14.2 Å². The molecule has 3 rings (SSSR count). The number of hydrogen-bond donors (Lipinski definition) is 0. The molecule has 176 valence electrons. The Morgan fingerprint density at radius 2 is 1.76 bits per heavy atom. The van der Waals surface area contributed by atoms with Crippen LogP contribution >= 0.6 is 11.8 Å². The highest BCUT2D eigenvalue weighted by Crippen LogP contribution is 2.39. The fourth-order valence-corrected chi connectivity index (χ4v) is 4.30. The van der Waals surface area contributed by atoms with Crippen LogP contribution in [0, 0.1) is 10.1 Å². The molecule has 1 amide bonds. The maximum atomic E-state index is 13.4. The Bertz CT molecular complexity index is 1020. The molecule has 0 atom stereocenters. The maximum Gasteiger partial charge on any atom is 0.269 e. The Labute approximate surface area is 196 Å². The number of nitro groups is 1. The van der Waals surface area contributed by atoms with Crippen molar-refractivity contribution in [1.82, 2.24) is 4.90 Å². The quantitative estimate of drug-likeness (QED) is 0.369. The van der Waals surface area contributed by atoms with Gasteiger partial charge in [0.05, 0.1) is 31.3 Å². The van der Waals surface area contributed by atoms with Crippen molar-refractivity contribution in [3.05, 3.63) is 57.6 Å². The largest absolute Gasteiger partial charge is 0.490 e. The summed E-state index contributed by atoms with van der Waals surface area (Å²) in [7, 11) is 0. The maximum absolute atomic E-state index is 13.4. The molecule has 9 nitrogen and oxygen atoms in total. The Balaban J connectivity index is 1.81. The third-order valence-electron chi connectivity index (χ3n) is 4.69. The summed E-state index contributed by atoms with van der Waals surface area (Å²) in [5, 5.41) is 11.6. The zero-order valence-corrected chi connectivity index (χ0v) is 19.7. The van der Waals surface area contributed by atoms with E-state index in [9.17, 15) is 14.9 Å². The van der Waals surface area contributed by atoms with E-state index in [1.165, 1.54) is 23.9 Å². The minimum Gasteiger partial charge on any atom is -0.490 e. The van der Waals surface area contributed by atoms with E-state index >= 15 is 0 Å². The highest BCUT2D eigenvalue weighted by molar-refractivity contribution is 8.13. The third kappa shape index (κ3) is 5.95. The second kappa shape index (κ2) is 11.6. The van der Waals surface area contributed by atoms with Gasteiger partial charge in [-0.25, -0.2) is 0 Å². The van der Waals surface area contributed by atoms with Crippen molar-refractivity contribution >= 4 is 28.5 Å². The van der Waals surface area contributed by atoms with Crippen molar-refractivity contribution < 1.29 is 23.9 Å². The van der Waals surface area contributed by atoms with Gasteiger partial charge in [-0.3, -0.25) is 24.8 Å². The molecule has 0 fully saturated rings. The number of rotatable bonds is 10. The van der Waals surface area contributed by atoms with E-state index in [0.717, 1.165) is 5.56 Å². The second-order valence-corrected chi connectivity index (χ2v) is 7.88. The zero-order chi connectivity index (χ0) is 23.8. The molecule has 2 aromatic rings. The number of nitro benzene ring substituents is 1. The van der Waals surface area contributed by atoms with Gasteiger partial charge >= 0.3 is 0 Å². The lowest BCUT2D eigenvalue weighted by Gasteiger charge is -2.21. The number of amides is 1. The summed E-state index contributed by atoms with van der Waals surface area (Å²) in [6.07, 6.45) is 0. The Morgan fingerprint density at radius 1 is 1.09 bits per heavy atom. The lowest BCUT2D eigenvalue weighted by molar-refractivity contribution is -0.384. The van der Waals surface area contributed by atoms with E-state index in [1.54, 1.807) is 23.1 Å². The van der Waals surface area contributed by atoms with Crippen LogP contribution in [0.25, 0.3) is 0 Å². The Kier molecular flexibility index (Phi) is 8.53. The normalized spacial score (nSPS) is 12.9. The van der Waals surface area contributed by atoms with E-state index in [0.29, 0.717) is 66.6 Å². The monoisotopic (exact) mass is 473 g/mol. The van der Waals surface area contributed by atoms with Crippen LogP contribution in [0.3, 0.4) is 0 Å². The van der Waals surface area contributed by atoms with Crippen LogP contribution in [-0.4, -0.2) is 53.8 Å². The van der Waals surface area contributed by atoms with E-state index in [-0.39, 0.29) is 11.6 Å². The van der Waals surface area contributed by atoms with Crippen molar-refractivity contribution in [2.24, 2.45) is 4.99 Å².